The molecule has 0 amide bonds. The topological polar surface area (TPSA) is 72.8 Å². The molecule has 7 heteroatoms. The third kappa shape index (κ3) is 3.84. The lowest BCUT2D eigenvalue weighted by atomic mass is 10.2. The first kappa shape index (κ1) is 18.1. The zero-order valence-corrected chi connectivity index (χ0v) is 16.0. The van der Waals surface area contributed by atoms with Gasteiger partial charge in [-0.25, -0.2) is 9.67 Å². The molecule has 2 heterocycles. The van der Waals surface area contributed by atoms with Crippen molar-refractivity contribution in [2.45, 2.75) is 5.16 Å². The largest absolute Gasteiger partial charge is 0.497 e. The molecule has 0 bridgehead atoms. The second-order valence-electron chi connectivity index (χ2n) is 5.99. The van der Waals surface area contributed by atoms with Crippen LogP contribution in [0.2, 0.25) is 0 Å². The lowest BCUT2D eigenvalue weighted by molar-refractivity contribution is 0.414. The van der Waals surface area contributed by atoms with Crippen LogP contribution in [-0.2, 0) is 0 Å². The van der Waals surface area contributed by atoms with Gasteiger partial charge < -0.3 is 9.72 Å². The predicted molar refractivity (Wildman–Crippen MR) is 112 cm³/mol. The summed E-state index contributed by atoms with van der Waals surface area (Å²) in [4.78, 5) is 19.8. The second kappa shape index (κ2) is 8.14. The van der Waals surface area contributed by atoms with E-state index in [0.717, 1.165) is 17.0 Å². The van der Waals surface area contributed by atoms with Crippen LogP contribution in [0.25, 0.3) is 22.8 Å². The quantitative estimate of drug-likeness (QED) is 0.399. The van der Waals surface area contributed by atoms with Crippen molar-refractivity contribution in [1.82, 2.24) is 19.7 Å². The highest BCUT2D eigenvalue weighted by atomic mass is 32.2. The maximum Gasteiger partial charge on any atom is 0.262 e. The van der Waals surface area contributed by atoms with Crippen LogP contribution >= 0.6 is 11.8 Å². The van der Waals surface area contributed by atoms with Crippen LogP contribution in [0, 0.1) is 0 Å². The van der Waals surface area contributed by atoms with Gasteiger partial charge in [0.05, 0.1) is 19.0 Å². The Morgan fingerprint density at radius 2 is 1.93 bits per heavy atom. The molecule has 0 spiro atoms. The Labute approximate surface area is 165 Å². The zero-order valence-electron chi connectivity index (χ0n) is 15.2. The minimum Gasteiger partial charge on any atom is -0.497 e. The van der Waals surface area contributed by atoms with Crippen LogP contribution in [0.15, 0.2) is 76.8 Å². The van der Waals surface area contributed by atoms with Crippen molar-refractivity contribution < 1.29 is 4.74 Å². The number of thioether (sulfide) groups is 1. The van der Waals surface area contributed by atoms with Gasteiger partial charge in [-0.15, -0.1) is 0 Å². The maximum absolute atomic E-state index is 12.4. The average molecular weight is 390 g/mol. The van der Waals surface area contributed by atoms with E-state index in [2.05, 4.69) is 15.1 Å². The first-order chi connectivity index (χ1) is 13.7. The molecule has 0 aliphatic carbocycles. The van der Waals surface area contributed by atoms with Crippen molar-refractivity contribution in [3.8, 4) is 11.4 Å². The van der Waals surface area contributed by atoms with E-state index in [1.54, 1.807) is 11.8 Å². The standard InChI is InChI=1S/C21H18N4O2S/c1-27-17-11-9-16(10-12-17)25-19-18(14-22-25)20(26)24-21(23-19)28-13-5-8-15-6-3-2-4-7-15/h2-12,14H,13H2,1H3,(H,23,24,26)/b8-5+. The molecule has 0 unspecified atom stereocenters. The number of aromatic amines is 1. The summed E-state index contributed by atoms with van der Waals surface area (Å²) in [5.41, 5.74) is 2.29. The van der Waals surface area contributed by atoms with Gasteiger partial charge in [0.25, 0.3) is 5.56 Å². The van der Waals surface area contributed by atoms with Gasteiger partial charge in [-0.1, -0.05) is 54.2 Å². The molecular formula is C21H18N4O2S. The van der Waals surface area contributed by atoms with Gasteiger partial charge in [0, 0.05) is 5.75 Å². The van der Waals surface area contributed by atoms with Crippen LogP contribution in [-0.4, -0.2) is 32.6 Å². The van der Waals surface area contributed by atoms with Gasteiger partial charge in [0.1, 0.15) is 11.1 Å². The fourth-order valence-corrected chi connectivity index (χ4v) is 3.42. The van der Waals surface area contributed by atoms with E-state index in [-0.39, 0.29) is 5.56 Å². The van der Waals surface area contributed by atoms with E-state index in [1.807, 2.05) is 66.7 Å². The summed E-state index contributed by atoms with van der Waals surface area (Å²) >= 11 is 1.47. The molecule has 2 aromatic heterocycles. The van der Waals surface area contributed by atoms with Gasteiger partial charge in [-0.05, 0) is 29.8 Å². The Bertz CT molecular complexity index is 1160. The van der Waals surface area contributed by atoms with Crippen LogP contribution in [0.4, 0.5) is 0 Å². The average Bonchev–Trinajstić information content (AvgIpc) is 3.17. The van der Waals surface area contributed by atoms with Crippen molar-refractivity contribution in [3.63, 3.8) is 0 Å². The molecule has 4 aromatic rings. The summed E-state index contributed by atoms with van der Waals surface area (Å²) in [5.74, 6) is 1.45. The van der Waals surface area contributed by atoms with E-state index in [1.165, 1.54) is 18.0 Å². The molecule has 0 saturated carbocycles. The number of methoxy groups -OCH3 is 1. The molecule has 2 aromatic carbocycles. The molecule has 0 radical (unpaired) electrons. The Morgan fingerprint density at radius 1 is 1.14 bits per heavy atom. The number of rotatable bonds is 6. The molecular weight excluding hydrogens is 372 g/mol. The van der Waals surface area contributed by atoms with E-state index < -0.39 is 0 Å². The lowest BCUT2D eigenvalue weighted by Crippen LogP contribution is -2.09. The summed E-state index contributed by atoms with van der Waals surface area (Å²) in [6, 6.07) is 17.5. The van der Waals surface area contributed by atoms with Crippen LogP contribution < -0.4 is 10.3 Å². The smallest absolute Gasteiger partial charge is 0.262 e. The summed E-state index contributed by atoms with van der Waals surface area (Å²) in [7, 11) is 1.62. The Balaban J connectivity index is 1.58. The highest BCUT2D eigenvalue weighted by molar-refractivity contribution is 7.99. The van der Waals surface area contributed by atoms with Crippen LogP contribution in [0.1, 0.15) is 5.56 Å². The van der Waals surface area contributed by atoms with Crippen molar-refractivity contribution in [3.05, 3.63) is 82.8 Å². The molecule has 28 heavy (non-hydrogen) atoms. The normalized spacial score (nSPS) is 11.3. The molecule has 140 valence electrons. The van der Waals surface area contributed by atoms with Crippen molar-refractivity contribution in [2.24, 2.45) is 0 Å². The number of hydrogen-bond acceptors (Lipinski definition) is 5. The molecule has 1 N–H and O–H groups in total. The third-order valence-electron chi connectivity index (χ3n) is 4.16. The third-order valence-corrected chi connectivity index (χ3v) is 4.99. The van der Waals surface area contributed by atoms with Gasteiger partial charge in [-0.2, -0.15) is 5.10 Å². The van der Waals surface area contributed by atoms with Crippen molar-refractivity contribution in [1.29, 1.82) is 0 Å². The number of ether oxygens (including phenoxy) is 1. The zero-order chi connectivity index (χ0) is 19.3. The molecule has 0 aliphatic rings. The first-order valence-electron chi connectivity index (χ1n) is 8.71. The SMILES string of the molecule is COc1ccc(-n2ncc3c(=O)[nH]c(SC/C=C/c4ccccc4)nc32)cc1. The fraction of sp³-hybridized carbons (Fsp3) is 0.0952. The Hall–Kier alpha value is -3.32. The second-order valence-corrected chi connectivity index (χ2v) is 7.00. The first-order valence-corrected chi connectivity index (χ1v) is 9.70. The monoisotopic (exact) mass is 390 g/mol. The minimum absolute atomic E-state index is 0.195. The van der Waals surface area contributed by atoms with Gasteiger partial charge in [0.15, 0.2) is 10.8 Å². The lowest BCUT2D eigenvalue weighted by Gasteiger charge is -2.05. The van der Waals surface area contributed by atoms with Gasteiger partial charge in [0.2, 0.25) is 0 Å². The molecule has 0 atom stereocenters. The van der Waals surface area contributed by atoms with Crippen molar-refractivity contribution in [2.75, 3.05) is 12.9 Å². The Kier molecular flexibility index (Phi) is 5.25. The number of nitrogens with zero attached hydrogens (tertiary/aromatic N) is 3. The predicted octanol–water partition coefficient (Wildman–Crippen LogP) is 3.92. The van der Waals surface area contributed by atoms with Crippen LogP contribution in [0.3, 0.4) is 0 Å². The molecule has 0 aliphatic heterocycles. The Morgan fingerprint density at radius 3 is 2.68 bits per heavy atom. The molecule has 0 fully saturated rings. The van der Waals surface area contributed by atoms with E-state index >= 15 is 0 Å². The molecule has 6 nitrogen and oxygen atoms in total. The summed E-state index contributed by atoms with van der Waals surface area (Å²) in [5, 5.41) is 5.35. The fourth-order valence-electron chi connectivity index (χ4n) is 2.75. The van der Waals surface area contributed by atoms with Crippen LogP contribution in [0.5, 0.6) is 5.75 Å². The number of nitrogens with one attached hydrogen (secondary N) is 1. The summed E-state index contributed by atoms with van der Waals surface area (Å²) < 4.78 is 6.85. The van der Waals surface area contributed by atoms with Gasteiger partial charge in [-0.3, -0.25) is 4.79 Å². The number of H-pyrrole nitrogens is 1. The number of hydrogen-bond donors (Lipinski definition) is 1. The maximum atomic E-state index is 12.4. The minimum atomic E-state index is -0.195. The van der Waals surface area contributed by atoms with Crippen molar-refractivity contribution >= 4 is 28.9 Å². The van der Waals surface area contributed by atoms with E-state index in [9.17, 15) is 4.79 Å². The number of fused-ring (bicyclic) bond motifs is 1. The summed E-state index contributed by atoms with van der Waals surface area (Å²) in [6.45, 7) is 0. The number of benzene rings is 2. The number of aromatic nitrogens is 4. The van der Waals surface area contributed by atoms with E-state index in [0.29, 0.717) is 21.9 Å². The molecule has 4 rings (SSSR count). The highest BCUT2D eigenvalue weighted by Gasteiger charge is 2.11. The van der Waals surface area contributed by atoms with Gasteiger partial charge >= 0.3 is 0 Å². The molecule has 0 saturated heterocycles. The highest BCUT2D eigenvalue weighted by Crippen LogP contribution is 2.20. The van der Waals surface area contributed by atoms with E-state index in [4.69, 9.17) is 4.74 Å². The summed E-state index contributed by atoms with van der Waals surface area (Å²) in [6.07, 6.45) is 5.63.